The zero-order valence-corrected chi connectivity index (χ0v) is 19.9. The van der Waals surface area contributed by atoms with Gasteiger partial charge >= 0.3 is 0 Å². The zero-order valence-electron chi connectivity index (χ0n) is 19.9. The van der Waals surface area contributed by atoms with E-state index >= 15 is 0 Å². The predicted octanol–water partition coefficient (Wildman–Crippen LogP) is 8.25. The highest BCUT2D eigenvalue weighted by Gasteiger charge is 2.04. The third kappa shape index (κ3) is 7.96. The SMILES string of the molecule is C(=C(c1ccccc1)c1ccccc1)c1ccccc1.c1ccc(CNCc2ccccc2)cc1. The van der Waals surface area contributed by atoms with Crippen molar-refractivity contribution in [3.8, 4) is 0 Å². The van der Waals surface area contributed by atoms with Gasteiger partial charge in [0, 0.05) is 13.1 Å². The molecule has 0 spiro atoms. The molecule has 35 heavy (non-hydrogen) atoms. The van der Waals surface area contributed by atoms with Crippen LogP contribution in [0.1, 0.15) is 27.8 Å². The summed E-state index contributed by atoms with van der Waals surface area (Å²) in [5.41, 5.74) is 7.60. The van der Waals surface area contributed by atoms with Crippen LogP contribution in [-0.4, -0.2) is 0 Å². The average Bonchev–Trinajstić information content (AvgIpc) is 2.95. The smallest absolute Gasteiger partial charge is 0.0208 e. The minimum atomic E-state index is 0.926. The highest BCUT2D eigenvalue weighted by molar-refractivity contribution is 5.91. The lowest BCUT2D eigenvalue weighted by Gasteiger charge is -2.08. The number of benzene rings is 5. The van der Waals surface area contributed by atoms with Gasteiger partial charge in [0.05, 0.1) is 0 Å². The Bertz CT molecular complexity index is 1180. The fraction of sp³-hybridized carbons (Fsp3) is 0.0588. The van der Waals surface area contributed by atoms with Crippen LogP contribution >= 0.6 is 0 Å². The van der Waals surface area contributed by atoms with Gasteiger partial charge in [-0.3, -0.25) is 0 Å². The summed E-state index contributed by atoms with van der Waals surface area (Å²) in [7, 11) is 0. The molecule has 0 aliphatic carbocycles. The summed E-state index contributed by atoms with van der Waals surface area (Å²) in [6.07, 6.45) is 2.24. The maximum Gasteiger partial charge on any atom is 0.0208 e. The van der Waals surface area contributed by atoms with E-state index in [1.807, 2.05) is 18.2 Å². The van der Waals surface area contributed by atoms with E-state index in [9.17, 15) is 0 Å². The van der Waals surface area contributed by atoms with Gasteiger partial charge in [-0.25, -0.2) is 0 Å². The van der Waals surface area contributed by atoms with Crippen LogP contribution in [0.2, 0.25) is 0 Å². The van der Waals surface area contributed by atoms with Crippen molar-refractivity contribution in [2.75, 3.05) is 0 Å². The lowest BCUT2D eigenvalue weighted by atomic mass is 9.96. The average molecular weight is 454 g/mol. The molecule has 0 aromatic heterocycles. The highest BCUT2D eigenvalue weighted by Crippen LogP contribution is 2.25. The van der Waals surface area contributed by atoms with Crippen molar-refractivity contribution >= 4 is 11.6 Å². The van der Waals surface area contributed by atoms with Crippen molar-refractivity contribution in [3.63, 3.8) is 0 Å². The van der Waals surface area contributed by atoms with Gasteiger partial charge in [-0.2, -0.15) is 0 Å². The van der Waals surface area contributed by atoms with Crippen LogP contribution in [0, 0.1) is 0 Å². The van der Waals surface area contributed by atoms with Crippen LogP contribution in [-0.2, 0) is 13.1 Å². The molecule has 0 atom stereocenters. The van der Waals surface area contributed by atoms with Crippen LogP contribution in [0.3, 0.4) is 0 Å². The lowest BCUT2D eigenvalue weighted by molar-refractivity contribution is 0.693. The molecule has 0 bridgehead atoms. The maximum atomic E-state index is 3.42. The first kappa shape index (κ1) is 23.9. The molecule has 0 radical (unpaired) electrons. The van der Waals surface area contributed by atoms with Crippen molar-refractivity contribution in [2.45, 2.75) is 13.1 Å². The summed E-state index contributed by atoms with van der Waals surface area (Å²) in [6.45, 7) is 1.85. The van der Waals surface area contributed by atoms with E-state index in [1.165, 1.54) is 33.4 Å². The van der Waals surface area contributed by atoms with Crippen LogP contribution < -0.4 is 5.32 Å². The molecule has 1 N–H and O–H groups in total. The van der Waals surface area contributed by atoms with E-state index in [0.717, 1.165) is 13.1 Å². The van der Waals surface area contributed by atoms with Gasteiger partial charge in [-0.1, -0.05) is 152 Å². The van der Waals surface area contributed by atoms with Crippen molar-refractivity contribution in [2.24, 2.45) is 0 Å². The molecule has 1 heteroatoms. The van der Waals surface area contributed by atoms with E-state index in [1.54, 1.807) is 0 Å². The standard InChI is InChI=1S/C20H16.C14H15N/c1-4-10-17(11-5-1)16-20(18-12-6-2-7-13-18)19-14-8-3-9-15-19;1-3-7-13(8-4-1)11-15-12-14-9-5-2-6-10-14/h1-16H;1-10,15H,11-12H2. The number of hydrogen-bond donors (Lipinski definition) is 1. The zero-order chi connectivity index (χ0) is 24.0. The molecular weight excluding hydrogens is 422 g/mol. The Morgan fingerprint density at radius 3 is 1.17 bits per heavy atom. The van der Waals surface area contributed by atoms with E-state index in [0.29, 0.717) is 0 Å². The molecule has 172 valence electrons. The maximum absolute atomic E-state index is 3.42. The number of hydrogen-bond acceptors (Lipinski definition) is 1. The highest BCUT2D eigenvalue weighted by atomic mass is 14.8. The van der Waals surface area contributed by atoms with E-state index in [-0.39, 0.29) is 0 Å². The lowest BCUT2D eigenvalue weighted by Crippen LogP contribution is -2.12. The summed E-state index contributed by atoms with van der Waals surface area (Å²) < 4.78 is 0. The predicted molar refractivity (Wildman–Crippen MR) is 150 cm³/mol. The quantitative estimate of drug-likeness (QED) is 0.245. The van der Waals surface area contributed by atoms with Crippen molar-refractivity contribution in [3.05, 3.63) is 179 Å². The third-order valence-electron chi connectivity index (χ3n) is 5.62. The van der Waals surface area contributed by atoms with E-state index in [2.05, 4.69) is 145 Å². The van der Waals surface area contributed by atoms with Gasteiger partial charge in [-0.15, -0.1) is 0 Å². The molecule has 1 nitrogen and oxygen atoms in total. The van der Waals surface area contributed by atoms with Gasteiger partial charge in [0.15, 0.2) is 0 Å². The van der Waals surface area contributed by atoms with Crippen molar-refractivity contribution in [1.29, 1.82) is 0 Å². The molecular formula is C34H31N. The van der Waals surface area contributed by atoms with E-state index < -0.39 is 0 Å². The molecule has 0 saturated heterocycles. The minimum Gasteiger partial charge on any atom is -0.309 e. The molecule has 5 rings (SSSR count). The van der Waals surface area contributed by atoms with E-state index in [4.69, 9.17) is 0 Å². The van der Waals surface area contributed by atoms with Gasteiger partial charge in [0.25, 0.3) is 0 Å². The largest absolute Gasteiger partial charge is 0.309 e. The van der Waals surface area contributed by atoms with Crippen LogP contribution in [0.15, 0.2) is 152 Å². The van der Waals surface area contributed by atoms with Crippen LogP contribution in [0.5, 0.6) is 0 Å². The van der Waals surface area contributed by atoms with Gasteiger partial charge in [-0.05, 0) is 39.5 Å². The Hall–Kier alpha value is -4.20. The molecule has 0 heterocycles. The molecule has 0 aliphatic rings. The summed E-state index contributed by atoms with van der Waals surface area (Å²) in [6, 6.07) is 52.4. The Kier molecular flexibility index (Phi) is 9.23. The number of nitrogens with one attached hydrogen (secondary N) is 1. The Balaban J connectivity index is 0.000000172. The molecule has 0 fully saturated rings. The Morgan fingerprint density at radius 2 is 0.771 bits per heavy atom. The second-order valence-electron chi connectivity index (χ2n) is 8.28. The van der Waals surface area contributed by atoms with Crippen molar-refractivity contribution < 1.29 is 0 Å². The summed E-state index contributed by atoms with van der Waals surface area (Å²) >= 11 is 0. The fourth-order valence-electron chi connectivity index (χ4n) is 3.83. The summed E-state index contributed by atoms with van der Waals surface area (Å²) in [5.74, 6) is 0. The minimum absolute atomic E-state index is 0.926. The first-order valence-corrected chi connectivity index (χ1v) is 12.0. The molecule has 0 amide bonds. The van der Waals surface area contributed by atoms with Gasteiger partial charge < -0.3 is 5.32 Å². The summed E-state index contributed by atoms with van der Waals surface area (Å²) in [4.78, 5) is 0. The monoisotopic (exact) mass is 453 g/mol. The molecule has 5 aromatic rings. The van der Waals surface area contributed by atoms with Gasteiger partial charge in [0.2, 0.25) is 0 Å². The second kappa shape index (κ2) is 13.5. The Labute approximate surface area is 209 Å². The molecule has 0 aliphatic heterocycles. The summed E-state index contributed by atoms with van der Waals surface area (Å²) in [5, 5.41) is 3.42. The first-order valence-electron chi connectivity index (χ1n) is 12.0. The van der Waals surface area contributed by atoms with Crippen molar-refractivity contribution in [1.82, 2.24) is 5.32 Å². The molecule has 5 aromatic carbocycles. The third-order valence-corrected chi connectivity index (χ3v) is 5.62. The number of rotatable bonds is 7. The topological polar surface area (TPSA) is 12.0 Å². The Morgan fingerprint density at radius 1 is 0.429 bits per heavy atom. The first-order chi connectivity index (χ1) is 17.4. The second-order valence-corrected chi connectivity index (χ2v) is 8.28. The normalized spacial score (nSPS) is 10.1. The van der Waals surface area contributed by atoms with Crippen LogP contribution in [0.25, 0.3) is 11.6 Å². The molecule has 0 unspecified atom stereocenters. The van der Waals surface area contributed by atoms with Gasteiger partial charge in [0.1, 0.15) is 0 Å². The molecule has 0 saturated carbocycles. The van der Waals surface area contributed by atoms with Crippen LogP contribution in [0.4, 0.5) is 0 Å². The fourth-order valence-corrected chi connectivity index (χ4v) is 3.83.